The van der Waals surface area contributed by atoms with Gasteiger partial charge in [-0.1, -0.05) is 29.8 Å². The van der Waals surface area contributed by atoms with E-state index in [1.807, 2.05) is 0 Å². The van der Waals surface area contributed by atoms with Gasteiger partial charge in [-0.2, -0.15) is 13.2 Å². The van der Waals surface area contributed by atoms with Crippen molar-refractivity contribution in [3.8, 4) is 0 Å². The number of ether oxygens (including phenoxy) is 1. The van der Waals surface area contributed by atoms with Crippen molar-refractivity contribution < 1.29 is 31.9 Å². The quantitative estimate of drug-likeness (QED) is 0.615. The first-order chi connectivity index (χ1) is 12.1. The maximum atomic E-state index is 12.9. The van der Waals surface area contributed by atoms with Crippen LogP contribution in [-0.4, -0.2) is 18.5 Å². The summed E-state index contributed by atoms with van der Waals surface area (Å²) in [6.45, 7) is -0.661. The van der Waals surface area contributed by atoms with E-state index in [2.05, 4.69) is 5.32 Å². The lowest BCUT2D eigenvalue weighted by Crippen LogP contribution is -2.22. The van der Waals surface area contributed by atoms with Gasteiger partial charge >= 0.3 is 12.1 Å². The van der Waals surface area contributed by atoms with E-state index in [1.54, 1.807) is 0 Å². The van der Waals surface area contributed by atoms with Crippen molar-refractivity contribution in [2.24, 2.45) is 0 Å². The van der Waals surface area contributed by atoms with Crippen LogP contribution >= 0.6 is 11.6 Å². The smallest absolute Gasteiger partial charge is 0.416 e. The SMILES string of the molecule is O=C(COC(=O)Cc1cccc(C(F)(F)F)c1)Nc1ccc(F)cc1Cl. The van der Waals surface area contributed by atoms with E-state index in [0.29, 0.717) is 0 Å². The largest absolute Gasteiger partial charge is 0.455 e. The molecule has 0 saturated carbocycles. The van der Waals surface area contributed by atoms with Crippen molar-refractivity contribution in [3.05, 3.63) is 64.4 Å². The van der Waals surface area contributed by atoms with Gasteiger partial charge in [0.2, 0.25) is 0 Å². The highest BCUT2D eigenvalue weighted by Gasteiger charge is 2.30. The van der Waals surface area contributed by atoms with Gasteiger partial charge in [-0.25, -0.2) is 4.39 Å². The standard InChI is InChI=1S/C17H12ClF4NO3/c18-13-8-12(19)4-5-14(13)23-15(24)9-26-16(25)7-10-2-1-3-11(6-10)17(20,21)22/h1-6,8H,7,9H2,(H,23,24). The molecule has 0 aliphatic rings. The highest BCUT2D eigenvalue weighted by atomic mass is 35.5. The van der Waals surface area contributed by atoms with Gasteiger partial charge < -0.3 is 10.1 Å². The molecule has 0 fully saturated rings. The molecule has 0 aliphatic heterocycles. The molecule has 1 N–H and O–H groups in total. The molecule has 0 heterocycles. The molecule has 2 aromatic rings. The molecule has 9 heteroatoms. The Balaban J connectivity index is 1.87. The van der Waals surface area contributed by atoms with Crippen LogP contribution < -0.4 is 5.32 Å². The minimum Gasteiger partial charge on any atom is -0.455 e. The van der Waals surface area contributed by atoms with Crippen LogP contribution in [0.5, 0.6) is 0 Å². The number of amides is 1. The van der Waals surface area contributed by atoms with E-state index in [0.717, 1.165) is 24.3 Å². The Morgan fingerprint density at radius 1 is 1.12 bits per heavy atom. The summed E-state index contributed by atoms with van der Waals surface area (Å²) in [4.78, 5) is 23.4. The van der Waals surface area contributed by atoms with Crippen LogP contribution in [-0.2, 0) is 26.9 Å². The second-order valence-electron chi connectivity index (χ2n) is 5.21. The van der Waals surface area contributed by atoms with Gasteiger partial charge in [-0.05, 0) is 29.8 Å². The molecule has 0 radical (unpaired) electrons. The molecule has 0 aliphatic carbocycles. The van der Waals surface area contributed by atoms with Gasteiger partial charge in [-0.15, -0.1) is 0 Å². The van der Waals surface area contributed by atoms with Crippen molar-refractivity contribution in [2.75, 3.05) is 11.9 Å². The van der Waals surface area contributed by atoms with E-state index in [1.165, 1.54) is 18.2 Å². The van der Waals surface area contributed by atoms with Gasteiger partial charge in [0.1, 0.15) is 5.82 Å². The number of alkyl halides is 3. The van der Waals surface area contributed by atoms with Gasteiger partial charge in [0.05, 0.1) is 22.7 Å². The predicted octanol–water partition coefficient (Wildman–Crippen LogP) is 4.22. The molecule has 0 unspecified atom stereocenters. The third-order valence-electron chi connectivity index (χ3n) is 3.17. The van der Waals surface area contributed by atoms with E-state index in [-0.39, 0.29) is 16.3 Å². The molecule has 1 amide bonds. The number of hydrogen-bond acceptors (Lipinski definition) is 3. The molecule has 2 aromatic carbocycles. The molecule has 0 atom stereocenters. The van der Waals surface area contributed by atoms with Crippen LogP contribution in [0.4, 0.5) is 23.2 Å². The lowest BCUT2D eigenvalue weighted by atomic mass is 10.1. The fourth-order valence-electron chi connectivity index (χ4n) is 2.00. The minimum atomic E-state index is -4.52. The van der Waals surface area contributed by atoms with E-state index in [9.17, 15) is 27.2 Å². The summed E-state index contributed by atoms with van der Waals surface area (Å²) in [6, 6.07) is 7.55. The molecule has 138 valence electrons. The Hall–Kier alpha value is -2.61. The number of esters is 1. The van der Waals surface area contributed by atoms with Crippen molar-refractivity contribution in [1.82, 2.24) is 0 Å². The fourth-order valence-corrected chi connectivity index (χ4v) is 2.21. The van der Waals surface area contributed by atoms with Crippen LogP contribution in [0, 0.1) is 5.82 Å². The number of carbonyl (C=O) groups excluding carboxylic acids is 2. The van der Waals surface area contributed by atoms with Crippen LogP contribution in [0.3, 0.4) is 0 Å². The monoisotopic (exact) mass is 389 g/mol. The van der Waals surface area contributed by atoms with Crippen molar-refractivity contribution >= 4 is 29.2 Å². The maximum Gasteiger partial charge on any atom is 0.416 e. The summed E-state index contributed by atoms with van der Waals surface area (Å²) in [7, 11) is 0. The first kappa shape index (κ1) is 19.7. The first-order valence-corrected chi connectivity index (χ1v) is 7.59. The van der Waals surface area contributed by atoms with Crippen molar-refractivity contribution in [1.29, 1.82) is 0 Å². The zero-order valence-corrected chi connectivity index (χ0v) is 13.8. The predicted molar refractivity (Wildman–Crippen MR) is 86.1 cm³/mol. The van der Waals surface area contributed by atoms with Gasteiger partial charge in [0.15, 0.2) is 6.61 Å². The lowest BCUT2D eigenvalue weighted by Gasteiger charge is -2.10. The zero-order chi connectivity index (χ0) is 19.3. The maximum absolute atomic E-state index is 12.9. The number of hydrogen-bond donors (Lipinski definition) is 1. The molecule has 0 aromatic heterocycles. The summed E-state index contributed by atoms with van der Waals surface area (Å²) in [5.41, 5.74) is -0.648. The van der Waals surface area contributed by atoms with E-state index < -0.39 is 42.5 Å². The molecule has 2 rings (SSSR count). The van der Waals surface area contributed by atoms with Crippen molar-refractivity contribution in [2.45, 2.75) is 12.6 Å². The summed E-state index contributed by atoms with van der Waals surface area (Å²) in [5, 5.41) is 2.29. The summed E-state index contributed by atoms with van der Waals surface area (Å²) >= 11 is 5.74. The number of rotatable bonds is 5. The van der Waals surface area contributed by atoms with Gasteiger partial charge in [-0.3, -0.25) is 9.59 Å². The Labute approximate surface area is 150 Å². The molecule has 0 spiro atoms. The molecule has 0 saturated heterocycles. The summed E-state index contributed by atoms with van der Waals surface area (Å²) in [6.07, 6.45) is -4.94. The zero-order valence-electron chi connectivity index (χ0n) is 13.1. The van der Waals surface area contributed by atoms with Crippen LogP contribution in [0.25, 0.3) is 0 Å². The van der Waals surface area contributed by atoms with Crippen LogP contribution in [0.2, 0.25) is 5.02 Å². The molecule has 0 bridgehead atoms. The second kappa shape index (κ2) is 8.18. The summed E-state index contributed by atoms with van der Waals surface area (Å²) in [5.74, 6) is -2.18. The number of anilines is 1. The lowest BCUT2D eigenvalue weighted by molar-refractivity contribution is -0.146. The Kier molecular flexibility index (Phi) is 6.20. The fraction of sp³-hybridized carbons (Fsp3) is 0.176. The van der Waals surface area contributed by atoms with Crippen LogP contribution in [0.1, 0.15) is 11.1 Å². The Bertz CT molecular complexity index is 824. The summed E-state index contributed by atoms with van der Waals surface area (Å²) < 4.78 is 55.5. The average Bonchev–Trinajstić information content (AvgIpc) is 2.55. The molecular weight excluding hydrogens is 378 g/mol. The third-order valence-corrected chi connectivity index (χ3v) is 3.48. The Morgan fingerprint density at radius 3 is 2.50 bits per heavy atom. The average molecular weight is 390 g/mol. The molecule has 4 nitrogen and oxygen atoms in total. The van der Waals surface area contributed by atoms with E-state index >= 15 is 0 Å². The normalized spacial score (nSPS) is 11.1. The highest BCUT2D eigenvalue weighted by molar-refractivity contribution is 6.33. The number of carbonyl (C=O) groups is 2. The molecular formula is C17H12ClF4NO3. The highest BCUT2D eigenvalue weighted by Crippen LogP contribution is 2.29. The number of nitrogens with one attached hydrogen (secondary N) is 1. The van der Waals surface area contributed by atoms with Gasteiger partial charge in [0.25, 0.3) is 5.91 Å². The van der Waals surface area contributed by atoms with E-state index in [4.69, 9.17) is 16.3 Å². The van der Waals surface area contributed by atoms with Crippen LogP contribution in [0.15, 0.2) is 42.5 Å². The van der Waals surface area contributed by atoms with Gasteiger partial charge in [0, 0.05) is 0 Å². The number of benzene rings is 2. The molecule has 26 heavy (non-hydrogen) atoms. The number of halogens is 5. The van der Waals surface area contributed by atoms with Crippen molar-refractivity contribution in [3.63, 3.8) is 0 Å². The third kappa shape index (κ3) is 5.73. The minimum absolute atomic E-state index is 0.0337. The first-order valence-electron chi connectivity index (χ1n) is 7.22. The topological polar surface area (TPSA) is 55.4 Å². The Morgan fingerprint density at radius 2 is 1.85 bits per heavy atom. The second-order valence-corrected chi connectivity index (χ2v) is 5.62.